The van der Waals surface area contributed by atoms with Crippen LogP contribution in [0.3, 0.4) is 0 Å². The van der Waals surface area contributed by atoms with E-state index in [0.717, 1.165) is 17.2 Å². The number of imide groups is 2. The number of hydrogen-bond acceptors (Lipinski definition) is 13. The number of piperidine rings is 1. The summed E-state index contributed by atoms with van der Waals surface area (Å²) in [5.74, 6) is -3.38. The first-order valence-corrected chi connectivity index (χ1v) is 20.7. The number of fused-ring (bicyclic) bond motifs is 1. The number of amides is 5. The van der Waals surface area contributed by atoms with E-state index in [0.29, 0.717) is 35.6 Å². The number of methoxy groups -OCH3 is 1. The summed E-state index contributed by atoms with van der Waals surface area (Å²) in [5, 5.41) is 13.4. The average Bonchev–Trinajstić information content (AvgIpc) is 3.77. The lowest BCUT2D eigenvalue weighted by Gasteiger charge is -2.27. The Morgan fingerprint density at radius 2 is 1.82 bits per heavy atom. The van der Waals surface area contributed by atoms with E-state index >= 15 is 0 Å². The van der Waals surface area contributed by atoms with Crippen molar-refractivity contribution in [2.75, 3.05) is 25.3 Å². The second-order valence-electron chi connectivity index (χ2n) is 14.0. The fraction of sp³-hybridized carbons (Fsp3) is 0.275. The van der Waals surface area contributed by atoms with Gasteiger partial charge in [-0.15, -0.1) is 5.10 Å². The van der Waals surface area contributed by atoms with Crippen LogP contribution in [0.5, 0.6) is 11.5 Å². The molecule has 2 atom stereocenters. The molecule has 60 heavy (non-hydrogen) atoms. The molecule has 3 aromatic heterocycles. The maximum Gasteiger partial charge on any atom is 0.266 e. The fourth-order valence-corrected chi connectivity index (χ4v) is 8.16. The van der Waals surface area contributed by atoms with Crippen molar-refractivity contribution in [3.8, 4) is 22.6 Å². The average molecular weight is 842 g/mol. The highest BCUT2D eigenvalue weighted by atomic mass is 32.2. The van der Waals surface area contributed by atoms with Crippen LogP contribution in [-0.4, -0.2) is 89.6 Å². The zero-order valence-electron chi connectivity index (χ0n) is 32.2. The third-order valence-electron chi connectivity index (χ3n) is 9.52. The Hall–Kier alpha value is -6.96. The highest BCUT2D eigenvalue weighted by Gasteiger charge is 2.46. The Morgan fingerprint density at radius 1 is 1.00 bits per heavy atom. The number of carbonyl (C=O) groups excluding carboxylic acids is 5. The summed E-state index contributed by atoms with van der Waals surface area (Å²) in [4.78, 5) is 72.3. The van der Waals surface area contributed by atoms with E-state index in [9.17, 15) is 37.0 Å². The minimum Gasteiger partial charge on any atom is -0.496 e. The number of halogens is 2. The van der Waals surface area contributed by atoms with Crippen LogP contribution in [0.1, 0.15) is 57.7 Å². The molecule has 2 unspecified atom stereocenters. The van der Waals surface area contributed by atoms with E-state index in [1.807, 2.05) is 0 Å². The third kappa shape index (κ3) is 9.33. The summed E-state index contributed by atoms with van der Waals surface area (Å²) < 4.78 is 58.6. The number of benzene rings is 2. The van der Waals surface area contributed by atoms with Gasteiger partial charge in [-0.25, -0.2) is 23.0 Å². The molecule has 310 valence electrons. The molecule has 0 saturated carbocycles. The van der Waals surface area contributed by atoms with Crippen LogP contribution in [0.15, 0.2) is 77.6 Å². The van der Waals surface area contributed by atoms with Crippen molar-refractivity contribution >= 4 is 50.9 Å². The summed E-state index contributed by atoms with van der Waals surface area (Å²) in [5.41, 5.74) is 1.70. The maximum absolute atomic E-state index is 14.8. The summed E-state index contributed by atoms with van der Waals surface area (Å²) in [6.07, 6.45) is 6.18. The summed E-state index contributed by atoms with van der Waals surface area (Å²) in [6, 6.07) is 12.0. The van der Waals surface area contributed by atoms with Gasteiger partial charge in [0.05, 0.1) is 52.2 Å². The number of pyridine rings is 2. The number of anilines is 2. The molecule has 2 aromatic carbocycles. The Balaban J connectivity index is 0.892. The standard InChI is InChI=1S/C40H37F2N9O8S/c1-58-32-18-24(41)7-9-26(32)28-19-34(44-20-29(28)42)45-33-17-23(13-14-43-33)22-60(2,57)48-36(53)11-8-25-21-50(49-47-25)15-4-16-59-31-6-3-5-27-37(31)40(56)51(39(27)55)30-10-12-35(52)46-38(30)54/h3,5-7,9,13-14,17-21,30H,4,8,10-12,15-16,22H2,1-2H3,(H,43,44,45)(H,46,52,54). The topological polar surface area (TPSA) is 217 Å². The van der Waals surface area contributed by atoms with Gasteiger partial charge in [0.15, 0.2) is 0 Å². The van der Waals surface area contributed by atoms with Gasteiger partial charge < -0.3 is 14.8 Å². The minimum absolute atomic E-state index is 0.0135. The van der Waals surface area contributed by atoms with Gasteiger partial charge in [-0.3, -0.25) is 38.9 Å². The SMILES string of the molecule is COc1cc(F)ccc1-c1cc(Nc2cc(CS(C)(=O)=NC(=O)CCc3cn(CCCOc4cccc5c4C(=O)N(C4CCC(=O)NC4=O)C5=O)nn3)ccn2)ncc1F. The number of rotatable bonds is 15. The lowest BCUT2D eigenvalue weighted by atomic mass is 10.0. The van der Waals surface area contributed by atoms with Crippen molar-refractivity contribution in [2.45, 2.75) is 50.4 Å². The molecule has 0 spiro atoms. The van der Waals surface area contributed by atoms with Crippen LogP contribution in [0.2, 0.25) is 0 Å². The van der Waals surface area contributed by atoms with Crippen LogP contribution < -0.4 is 20.1 Å². The first kappa shape index (κ1) is 41.2. The molecule has 2 aliphatic heterocycles. The zero-order valence-corrected chi connectivity index (χ0v) is 33.0. The number of aryl methyl sites for hydroxylation is 2. The summed E-state index contributed by atoms with van der Waals surface area (Å²) in [6.45, 7) is 0.530. The Bertz CT molecular complexity index is 2660. The van der Waals surface area contributed by atoms with Crippen molar-refractivity contribution < 1.29 is 46.4 Å². The van der Waals surface area contributed by atoms with Crippen LogP contribution >= 0.6 is 0 Å². The van der Waals surface area contributed by atoms with Gasteiger partial charge in [-0.05, 0) is 54.4 Å². The number of nitrogens with zero attached hydrogens (tertiary/aromatic N) is 7. The second-order valence-corrected chi connectivity index (χ2v) is 16.3. The molecule has 5 amide bonds. The van der Waals surface area contributed by atoms with Gasteiger partial charge in [0.2, 0.25) is 11.8 Å². The highest BCUT2D eigenvalue weighted by Crippen LogP contribution is 2.35. The van der Waals surface area contributed by atoms with Gasteiger partial charge in [-0.1, -0.05) is 11.3 Å². The summed E-state index contributed by atoms with van der Waals surface area (Å²) in [7, 11) is -1.66. The highest BCUT2D eigenvalue weighted by molar-refractivity contribution is 7.92. The molecule has 0 bridgehead atoms. The molecule has 2 aliphatic rings. The predicted molar refractivity (Wildman–Crippen MR) is 210 cm³/mol. The Morgan fingerprint density at radius 3 is 2.62 bits per heavy atom. The van der Waals surface area contributed by atoms with Crippen molar-refractivity contribution in [1.82, 2.24) is 35.2 Å². The molecule has 20 heteroatoms. The number of carbonyl (C=O) groups is 5. The smallest absolute Gasteiger partial charge is 0.266 e. The Labute approximate surface area is 341 Å². The van der Waals surface area contributed by atoms with E-state index in [1.54, 1.807) is 35.1 Å². The molecule has 0 radical (unpaired) electrons. The van der Waals surface area contributed by atoms with Crippen molar-refractivity contribution in [3.05, 3.63) is 107 Å². The molecular weight excluding hydrogens is 805 g/mol. The number of nitrogens with one attached hydrogen (secondary N) is 2. The molecular formula is C40H37F2N9O8S. The number of hydrogen-bond donors (Lipinski definition) is 2. The van der Waals surface area contributed by atoms with Crippen LogP contribution in [-0.2, 0) is 42.8 Å². The van der Waals surface area contributed by atoms with E-state index in [-0.39, 0.29) is 72.1 Å². The van der Waals surface area contributed by atoms with Gasteiger partial charge in [0, 0.05) is 68.1 Å². The van der Waals surface area contributed by atoms with Crippen LogP contribution in [0.4, 0.5) is 20.4 Å². The molecule has 5 aromatic rings. The minimum atomic E-state index is -3.01. The molecule has 17 nitrogen and oxygen atoms in total. The van der Waals surface area contributed by atoms with Gasteiger partial charge in [-0.2, -0.15) is 4.36 Å². The largest absolute Gasteiger partial charge is 0.496 e. The van der Waals surface area contributed by atoms with Gasteiger partial charge >= 0.3 is 0 Å². The quantitative estimate of drug-likeness (QED) is 0.111. The van der Waals surface area contributed by atoms with Crippen molar-refractivity contribution in [1.29, 1.82) is 0 Å². The predicted octanol–water partition coefficient (Wildman–Crippen LogP) is 4.39. The number of ether oxygens (including phenoxy) is 2. The van der Waals surface area contributed by atoms with Crippen molar-refractivity contribution in [2.24, 2.45) is 4.36 Å². The van der Waals surface area contributed by atoms with Crippen LogP contribution in [0.25, 0.3) is 11.1 Å². The molecule has 1 saturated heterocycles. The zero-order chi connectivity index (χ0) is 42.6. The molecule has 2 N–H and O–H groups in total. The lowest BCUT2D eigenvalue weighted by molar-refractivity contribution is -0.136. The Kier molecular flexibility index (Phi) is 12.0. The monoisotopic (exact) mass is 841 g/mol. The lowest BCUT2D eigenvalue weighted by Crippen LogP contribution is -2.54. The van der Waals surface area contributed by atoms with E-state index in [4.69, 9.17) is 9.47 Å². The van der Waals surface area contributed by atoms with Crippen molar-refractivity contribution in [3.63, 3.8) is 0 Å². The third-order valence-corrected chi connectivity index (χ3v) is 11.0. The van der Waals surface area contributed by atoms with E-state index in [1.165, 1.54) is 43.8 Å². The molecule has 7 rings (SSSR count). The fourth-order valence-electron chi connectivity index (χ4n) is 6.78. The van der Waals surface area contributed by atoms with E-state index in [2.05, 4.69) is 35.3 Å². The molecule has 1 fully saturated rings. The molecule has 5 heterocycles. The first-order chi connectivity index (χ1) is 28.8. The number of aromatic nitrogens is 5. The van der Waals surface area contributed by atoms with E-state index < -0.39 is 56.9 Å². The first-order valence-electron chi connectivity index (χ1n) is 18.6. The molecule has 0 aliphatic carbocycles. The van der Waals surface area contributed by atoms with Gasteiger partial charge in [0.1, 0.15) is 40.8 Å². The second kappa shape index (κ2) is 17.5. The maximum atomic E-state index is 14.8. The van der Waals surface area contributed by atoms with Crippen LogP contribution in [0, 0.1) is 11.6 Å². The normalized spacial score (nSPS) is 15.9. The van der Waals surface area contributed by atoms with Gasteiger partial charge in [0.25, 0.3) is 17.7 Å². The summed E-state index contributed by atoms with van der Waals surface area (Å²) >= 11 is 0.